The number of ketones is 1. The summed E-state index contributed by atoms with van der Waals surface area (Å²) in [5, 5.41) is 23.9. The first-order chi connectivity index (χ1) is 15.8. The first-order valence-electron chi connectivity index (χ1n) is 11.0. The van der Waals surface area contributed by atoms with E-state index in [1.165, 1.54) is 0 Å². The van der Waals surface area contributed by atoms with Crippen LogP contribution in [-0.4, -0.2) is 40.0 Å². The minimum atomic E-state index is -1.35. The number of aliphatic hydroxyl groups is 2. The molecule has 172 valence electrons. The molecule has 0 aliphatic carbocycles. The minimum absolute atomic E-state index is 0.157. The van der Waals surface area contributed by atoms with Crippen LogP contribution >= 0.6 is 23.2 Å². The van der Waals surface area contributed by atoms with Crippen molar-refractivity contribution in [1.29, 1.82) is 0 Å². The van der Waals surface area contributed by atoms with Crippen LogP contribution in [0.5, 0.6) is 0 Å². The zero-order valence-corrected chi connectivity index (χ0v) is 19.9. The van der Waals surface area contributed by atoms with Gasteiger partial charge in [-0.1, -0.05) is 65.7 Å². The largest absolute Gasteiger partial charge is 0.387 e. The number of Topliss-reactive ketones (excluding diaryl/α,β-unsaturated/α-hetero) is 1. The second-order valence-electron chi connectivity index (χ2n) is 8.70. The molecule has 1 saturated heterocycles. The molecule has 4 rings (SSSR count). The van der Waals surface area contributed by atoms with Gasteiger partial charge in [0.25, 0.3) is 0 Å². The van der Waals surface area contributed by atoms with Crippen LogP contribution in [0.25, 0.3) is 0 Å². The molecule has 1 heterocycles. The van der Waals surface area contributed by atoms with Crippen LogP contribution in [0.2, 0.25) is 10.0 Å². The van der Waals surface area contributed by atoms with E-state index in [2.05, 4.69) is 4.90 Å². The van der Waals surface area contributed by atoms with Gasteiger partial charge in [0.15, 0.2) is 5.78 Å². The van der Waals surface area contributed by atoms with Crippen LogP contribution in [0.4, 0.5) is 0 Å². The number of piperidine rings is 1. The molecule has 4 nitrogen and oxygen atoms in total. The van der Waals surface area contributed by atoms with Crippen molar-refractivity contribution < 1.29 is 15.0 Å². The van der Waals surface area contributed by atoms with Gasteiger partial charge in [-0.15, -0.1) is 0 Å². The topological polar surface area (TPSA) is 60.8 Å². The van der Waals surface area contributed by atoms with Crippen LogP contribution in [0.3, 0.4) is 0 Å². The zero-order chi connectivity index (χ0) is 23.6. The van der Waals surface area contributed by atoms with E-state index >= 15 is 0 Å². The molecule has 3 aromatic carbocycles. The van der Waals surface area contributed by atoms with Crippen molar-refractivity contribution in [2.24, 2.45) is 5.92 Å². The Morgan fingerprint density at radius 2 is 1.55 bits per heavy atom. The van der Waals surface area contributed by atoms with Gasteiger partial charge in [-0.2, -0.15) is 0 Å². The number of hydrogen-bond acceptors (Lipinski definition) is 4. The summed E-state index contributed by atoms with van der Waals surface area (Å²) in [7, 11) is 0. The van der Waals surface area contributed by atoms with Crippen molar-refractivity contribution in [2.45, 2.75) is 31.1 Å². The number of rotatable bonds is 6. The molecule has 0 spiro atoms. The predicted molar refractivity (Wildman–Crippen MR) is 132 cm³/mol. The third-order valence-corrected chi connectivity index (χ3v) is 7.24. The molecular weight excluding hydrogens is 457 g/mol. The molecule has 0 bridgehead atoms. The summed E-state index contributed by atoms with van der Waals surface area (Å²) < 4.78 is 0. The van der Waals surface area contributed by atoms with E-state index in [1.54, 1.807) is 48.5 Å². The maximum atomic E-state index is 13.7. The van der Waals surface area contributed by atoms with Gasteiger partial charge in [0.1, 0.15) is 5.60 Å². The molecule has 0 saturated carbocycles. The lowest BCUT2D eigenvalue weighted by Gasteiger charge is -2.47. The smallest absolute Gasteiger partial charge is 0.170 e. The fraction of sp³-hybridized carbons (Fsp3) is 0.296. The predicted octanol–water partition coefficient (Wildman–Crippen LogP) is 5.51. The van der Waals surface area contributed by atoms with Crippen LogP contribution in [0.15, 0.2) is 78.9 Å². The molecule has 1 fully saturated rings. The monoisotopic (exact) mass is 483 g/mol. The van der Waals surface area contributed by atoms with Crippen LogP contribution in [-0.2, 0) is 5.60 Å². The fourth-order valence-electron chi connectivity index (χ4n) is 4.66. The first kappa shape index (κ1) is 23.9. The summed E-state index contributed by atoms with van der Waals surface area (Å²) >= 11 is 12.1. The lowest BCUT2D eigenvalue weighted by atomic mass is 9.72. The van der Waals surface area contributed by atoms with Crippen molar-refractivity contribution in [2.75, 3.05) is 13.1 Å². The summed E-state index contributed by atoms with van der Waals surface area (Å²) in [4.78, 5) is 15.7. The van der Waals surface area contributed by atoms with Gasteiger partial charge in [-0.05, 0) is 60.9 Å². The molecule has 1 aliphatic rings. The van der Waals surface area contributed by atoms with Crippen LogP contribution < -0.4 is 0 Å². The summed E-state index contributed by atoms with van der Waals surface area (Å²) in [6.45, 7) is 2.80. The van der Waals surface area contributed by atoms with Gasteiger partial charge >= 0.3 is 0 Å². The van der Waals surface area contributed by atoms with Gasteiger partial charge < -0.3 is 10.2 Å². The molecular formula is C27H27Cl2NO3. The summed E-state index contributed by atoms with van der Waals surface area (Å²) in [5.74, 6) is -0.880. The van der Waals surface area contributed by atoms with E-state index < -0.39 is 17.6 Å². The van der Waals surface area contributed by atoms with Crippen molar-refractivity contribution in [1.82, 2.24) is 4.90 Å². The van der Waals surface area contributed by atoms with Crippen molar-refractivity contribution in [3.63, 3.8) is 0 Å². The van der Waals surface area contributed by atoms with Gasteiger partial charge in [-0.25, -0.2) is 0 Å². The highest BCUT2D eigenvalue weighted by Crippen LogP contribution is 2.41. The quantitative estimate of drug-likeness (QED) is 0.453. The lowest BCUT2D eigenvalue weighted by molar-refractivity contribution is -0.0823. The van der Waals surface area contributed by atoms with Crippen molar-refractivity contribution >= 4 is 29.0 Å². The number of nitrogens with zero attached hydrogens (tertiary/aromatic N) is 1. The molecule has 1 aliphatic heterocycles. The minimum Gasteiger partial charge on any atom is -0.387 e. The Hall–Kier alpha value is -2.21. The van der Waals surface area contributed by atoms with Gasteiger partial charge in [-0.3, -0.25) is 9.69 Å². The Morgan fingerprint density at radius 1 is 0.970 bits per heavy atom. The Kier molecular flexibility index (Phi) is 7.22. The molecule has 0 amide bonds. The third-order valence-electron chi connectivity index (χ3n) is 6.74. The third kappa shape index (κ3) is 5.01. The maximum absolute atomic E-state index is 13.7. The number of likely N-dealkylation sites (tertiary alicyclic amines) is 1. The second kappa shape index (κ2) is 9.96. The average Bonchev–Trinajstić information content (AvgIpc) is 2.84. The Labute approximate surface area is 204 Å². The molecule has 0 radical (unpaired) electrons. The highest BCUT2D eigenvalue weighted by atomic mass is 35.5. The number of aliphatic hydroxyl groups excluding tert-OH is 1. The number of benzene rings is 3. The zero-order valence-electron chi connectivity index (χ0n) is 18.4. The fourth-order valence-corrected chi connectivity index (χ4v) is 4.91. The van der Waals surface area contributed by atoms with E-state index in [0.717, 1.165) is 5.56 Å². The number of halogens is 2. The summed E-state index contributed by atoms with van der Waals surface area (Å²) in [5.41, 5.74) is 0.629. The number of hydrogen-bond donors (Lipinski definition) is 2. The standard InChI is InChI=1S/C27H27Cl2NO3/c1-18(25(31)19-5-3-2-4-6-19)30-16-15-27(33,21-9-13-23(29)14-10-21)24(17-30)26(32)20-7-11-22(28)12-8-20/h2-14,18,24-25,31,33H,15-17H2,1H3. The molecule has 4 unspecified atom stereocenters. The molecule has 6 heteroatoms. The van der Waals surface area contributed by atoms with E-state index in [4.69, 9.17) is 23.2 Å². The normalized spacial score (nSPS) is 23.1. The van der Waals surface area contributed by atoms with Crippen molar-refractivity contribution in [3.05, 3.63) is 106 Å². The van der Waals surface area contributed by atoms with Gasteiger partial charge in [0.05, 0.1) is 12.0 Å². The lowest BCUT2D eigenvalue weighted by Crippen LogP contribution is -2.56. The Bertz CT molecular complexity index is 1090. The number of carbonyl (C=O) groups is 1. The average molecular weight is 484 g/mol. The van der Waals surface area contributed by atoms with Crippen molar-refractivity contribution in [3.8, 4) is 0 Å². The highest BCUT2D eigenvalue weighted by Gasteiger charge is 2.48. The Balaban J connectivity index is 1.66. The Morgan fingerprint density at radius 3 is 2.15 bits per heavy atom. The highest BCUT2D eigenvalue weighted by molar-refractivity contribution is 6.30. The molecule has 3 aromatic rings. The molecule has 0 aromatic heterocycles. The molecule has 2 N–H and O–H groups in total. The van der Waals surface area contributed by atoms with Crippen LogP contribution in [0, 0.1) is 5.92 Å². The second-order valence-corrected chi connectivity index (χ2v) is 9.57. The maximum Gasteiger partial charge on any atom is 0.170 e. The van der Waals surface area contributed by atoms with E-state index in [9.17, 15) is 15.0 Å². The van der Waals surface area contributed by atoms with E-state index in [-0.39, 0.29) is 11.8 Å². The van der Waals surface area contributed by atoms with Gasteiger partial charge in [0.2, 0.25) is 0 Å². The molecule has 4 atom stereocenters. The van der Waals surface area contributed by atoms with E-state index in [1.807, 2.05) is 37.3 Å². The SMILES string of the molecule is CC(C(O)c1ccccc1)N1CCC(O)(c2ccc(Cl)cc2)C(C(=O)c2ccc(Cl)cc2)C1. The van der Waals surface area contributed by atoms with Crippen LogP contribution in [0.1, 0.15) is 40.9 Å². The first-order valence-corrected chi connectivity index (χ1v) is 11.8. The summed E-state index contributed by atoms with van der Waals surface area (Å²) in [6, 6.07) is 23.0. The van der Waals surface area contributed by atoms with E-state index in [0.29, 0.717) is 40.7 Å². The number of carbonyl (C=O) groups excluding carboxylic acids is 1. The van der Waals surface area contributed by atoms with Gasteiger partial charge in [0, 0.05) is 34.7 Å². The summed E-state index contributed by atoms with van der Waals surface area (Å²) in [6.07, 6.45) is -0.357. The molecule has 33 heavy (non-hydrogen) atoms.